The second-order valence-corrected chi connectivity index (χ2v) is 2.73. The number of nitrogens with zero attached hydrogens (tertiary/aromatic N) is 3. The highest BCUT2D eigenvalue weighted by Crippen LogP contribution is 2.24. The molecule has 0 amide bonds. The van der Waals surface area contributed by atoms with Gasteiger partial charge >= 0.3 is 5.97 Å². The largest absolute Gasteiger partial charge is 0.467 e. The first kappa shape index (κ1) is 10.8. The Hall–Kier alpha value is -1.30. The normalized spacial score (nSPS) is 36.2. The maximum atomic E-state index is 11.1. The van der Waals surface area contributed by atoms with E-state index in [1.807, 2.05) is 0 Å². The third-order valence-electron chi connectivity index (χ3n) is 1.92. The van der Waals surface area contributed by atoms with E-state index in [-0.39, 0.29) is 0 Å². The van der Waals surface area contributed by atoms with Gasteiger partial charge in [0.1, 0.15) is 6.04 Å². The number of hydrogen-bond acceptors (Lipinski definition) is 5. The number of aliphatic hydroxyl groups is 1. The lowest BCUT2D eigenvalue weighted by molar-refractivity contribution is -0.152. The number of methoxy groups -OCH3 is 1. The first-order valence-corrected chi connectivity index (χ1v) is 3.83. The summed E-state index contributed by atoms with van der Waals surface area (Å²) in [6, 6.07) is -1.04. The molecule has 1 fully saturated rings. The number of esters is 1. The summed E-state index contributed by atoms with van der Waals surface area (Å²) in [7, 11) is 1.16. The first-order valence-electron chi connectivity index (χ1n) is 3.83. The molecule has 1 saturated heterocycles. The molecule has 0 aromatic rings. The molecular formula is C7H9N3O4. The summed E-state index contributed by atoms with van der Waals surface area (Å²) >= 11 is 0. The van der Waals surface area contributed by atoms with Gasteiger partial charge in [0.2, 0.25) is 0 Å². The molecule has 4 atom stereocenters. The van der Waals surface area contributed by atoms with Crippen LogP contribution in [0.15, 0.2) is 5.11 Å². The van der Waals surface area contributed by atoms with Gasteiger partial charge in [-0.15, -0.1) is 0 Å². The summed E-state index contributed by atoms with van der Waals surface area (Å²) in [5, 5.41) is 12.6. The van der Waals surface area contributed by atoms with Gasteiger partial charge in [0.15, 0.2) is 6.10 Å². The van der Waals surface area contributed by atoms with E-state index < -0.39 is 30.3 Å². The van der Waals surface area contributed by atoms with Crippen molar-refractivity contribution < 1.29 is 19.4 Å². The molecule has 1 aliphatic rings. The predicted molar refractivity (Wildman–Crippen MR) is 43.9 cm³/mol. The van der Waals surface area contributed by atoms with Crippen molar-refractivity contribution in [3.05, 3.63) is 17.4 Å². The van der Waals surface area contributed by atoms with Crippen molar-refractivity contribution in [3.8, 4) is 0 Å². The van der Waals surface area contributed by atoms with Crippen LogP contribution in [0.2, 0.25) is 0 Å². The van der Waals surface area contributed by atoms with Gasteiger partial charge in [-0.05, 0) is 12.5 Å². The fraction of sp³-hybridized carbons (Fsp3) is 0.714. The fourth-order valence-corrected chi connectivity index (χ4v) is 1.20. The number of carbonyl (C=O) groups is 1. The van der Waals surface area contributed by atoms with E-state index in [2.05, 4.69) is 14.8 Å². The van der Waals surface area contributed by atoms with Gasteiger partial charge in [-0.25, -0.2) is 4.79 Å². The highest BCUT2D eigenvalue weighted by atomic mass is 16.6. The van der Waals surface area contributed by atoms with Gasteiger partial charge < -0.3 is 14.6 Å². The van der Waals surface area contributed by atoms with Gasteiger partial charge in [0, 0.05) is 4.91 Å². The Bertz CT molecular complexity index is 276. The molecule has 1 aliphatic heterocycles. The SMILES string of the molecule is [CH][C@@H]1O[C@H](C(=O)OC)[C@H](N=[N+]=[N-])C1O. The Labute approximate surface area is 80.2 Å². The number of rotatable bonds is 2. The summed E-state index contributed by atoms with van der Waals surface area (Å²) in [6.07, 6.45) is -3.38. The predicted octanol–water partition coefficient (Wildman–Crippen LogP) is -0.322. The summed E-state index contributed by atoms with van der Waals surface area (Å²) in [5.41, 5.74) is 8.20. The van der Waals surface area contributed by atoms with Gasteiger partial charge in [0.25, 0.3) is 0 Å². The zero-order valence-electron chi connectivity index (χ0n) is 7.40. The van der Waals surface area contributed by atoms with Crippen molar-refractivity contribution in [3.63, 3.8) is 0 Å². The number of ether oxygens (including phenoxy) is 2. The van der Waals surface area contributed by atoms with Crippen LogP contribution in [0.25, 0.3) is 10.4 Å². The highest BCUT2D eigenvalue weighted by molar-refractivity contribution is 5.76. The Balaban J connectivity index is 2.84. The van der Waals surface area contributed by atoms with Crippen LogP contribution in [0.3, 0.4) is 0 Å². The average molecular weight is 199 g/mol. The molecule has 0 saturated carbocycles. The molecule has 1 rings (SSSR count). The Morgan fingerprint density at radius 1 is 1.79 bits per heavy atom. The number of hydrogen-bond donors (Lipinski definition) is 1. The second kappa shape index (κ2) is 4.28. The van der Waals surface area contributed by atoms with Crippen LogP contribution in [0.4, 0.5) is 0 Å². The third-order valence-corrected chi connectivity index (χ3v) is 1.92. The third kappa shape index (κ3) is 1.79. The minimum absolute atomic E-state index is 0.727. The van der Waals surface area contributed by atoms with Crippen molar-refractivity contribution in [1.82, 2.24) is 0 Å². The molecular weight excluding hydrogens is 190 g/mol. The van der Waals surface area contributed by atoms with Crippen LogP contribution in [-0.4, -0.2) is 42.5 Å². The molecule has 0 aromatic heterocycles. The summed E-state index contributed by atoms with van der Waals surface area (Å²) in [4.78, 5) is 13.6. The Morgan fingerprint density at radius 2 is 2.43 bits per heavy atom. The monoisotopic (exact) mass is 199 g/mol. The number of aliphatic hydroxyl groups excluding tert-OH is 1. The van der Waals surface area contributed by atoms with Crippen LogP contribution >= 0.6 is 0 Å². The average Bonchev–Trinajstić information content (AvgIpc) is 2.45. The topological polar surface area (TPSA) is 105 Å². The van der Waals surface area contributed by atoms with E-state index in [0.29, 0.717) is 0 Å². The Morgan fingerprint density at radius 3 is 2.93 bits per heavy atom. The van der Waals surface area contributed by atoms with Crippen LogP contribution in [0.5, 0.6) is 0 Å². The van der Waals surface area contributed by atoms with E-state index >= 15 is 0 Å². The van der Waals surface area contributed by atoms with E-state index in [1.54, 1.807) is 0 Å². The van der Waals surface area contributed by atoms with Gasteiger partial charge in [0.05, 0.1) is 19.3 Å². The zero-order valence-corrected chi connectivity index (χ0v) is 7.40. The van der Waals surface area contributed by atoms with Crippen molar-refractivity contribution in [2.24, 2.45) is 5.11 Å². The minimum Gasteiger partial charge on any atom is -0.467 e. The molecule has 1 heterocycles. The molecule has 0 aromatic carbocycles. The molecule has 0 spiro atoms. The zero-order chi connectivity index (χ0) is 10.7. The van der Waals surface area contributed by atoms with Gasteiger partial charge in [-0.2, -0.15) is 0 Å². The quantitative estimate of drug-likeness (QED) is 0.284. The van der Waals surface area contributed by atoms with Crippen LogP contribution in [-0.2, 0) is 14.3 Å². The minimum atomic E-state index is -1.20. The lowest BCUT2D eigenvalue weighted by Crippen LogP contribution is -2.35. The maximum absolute atomic E-state index is 11.1. The van der Waals surface area contributed by atoms with Crippen LogP contribution in [0, 0.1) is 6.92 Å². The smallest absolute Gasteiger partial charge is 0.335 e. The second-order valence-electron chi connectivity index (χ2n) is 2.73. The number of carbonyl (C=O) groups excluding carboxylic acids is 1. The molecule has 7 nitrogen and oxygen atoms in total. The van der Waals surface area contributed by atoms with E-state index in [1.165, 1.54) is 0 Å². The Kier molecular flexibility index (Phi) is 3.29. The first-order chi connectivity index (χ1) is 6.61. The lowest BCUT2D eigenvalue weighted by Gasteiger charge is -2.11. The molecule has 2 radical (unpaired) electrons. The summed E-state index contributed by atoms with van der Waals surface area (Å²) < 4.78 is 9.27. The fourth-order valence-electron chi connectivity index (χ4n) is 1.20. The summed E-state index contributed by atoms with van der Waals surface area (Å²) in [6.45, 7) is 5.32. The van der Waals surface area contributed by atoms with E-state index in [9.17, 15) is 9.90 Å². The molecule has 7 heteroatoms. The molecule has 0 bridgehead atoms. The van der Waals surface area contributed by atoms with Crippen molar-refractivity contribution in [2.45, 2.75) is 24.4 Å². The molecule has 14 heavy (non-hydrogen) atoms. The lowest BCUT2D eigenvalue weighted by atomic mass is 10.1. The maximum Gasteiger partial charge on any atom is 0.335 e. The molecule has 1 N–H and O–H groups in total. The number of azide groups is 1. The van der Waals surface area contributed by atoms with Crippen LogP contribution < -0.4 is 0 Å². The van der Waals surface area contributed by atoms with Crippen LogP contribution in [0.1, 0.15) is 0 Å². The van der Waals surface area contributed by atoms with E-state index in [0.717, 1.165) is 7.11 Å². The summed E-state index contributed by atoms with van der Waals surface area (Å²) in [5.74, 6) is -0.727. The van der Waals surface area contributed by atoms with E-state index in [4.69, 9.17) is 17.2 Å². The van der Waals surface area contributed by atoms with Gasteiger partial charge in [-0.3, -0.25) is 0 Å². The molecule has 1 unspecified atom stereocenters. The highest BCUT2D eigenvalue weighted by Gasteiger charge is 2.45. The standard InChI is InChI=1S/C7H9N3O4/c1-3-5(11)4(9-10-8)6(14-3)7(12)13-2/h1,3-6,11H,2H3/t3-,4+,5?,6-/m0/s1. The van der Waals surface area contributed by atoms with Crippen molar-refractivity contribution in [1.29, 1.82) is 0 Å². The molecule has 76 valence electrons. The molecule has 0 aliphatic carbocycles. The van der Waals surface area contributed by atoms with Gasteiger partial charge in [-0.1, -0.05) is 5.11 Å². The van der Waals surface area contributed by atoms with Crippen molar-refractivity contribution in [2.75, 3.05) is 7.11 Å². The van der Waals surface area contributed by atoms with Crippen molar-refractivity contribution >= 4 is 5.97 Å².